The van der Waals surface area contributed by atoms with Gasteiger partial charge in [-0.3, -0.25) is 4.99 Å². The average molecular weight is 1880 g/mol. The molecule has 4 saturated heterocycles. The molecule has 6 heterocycles. The van der Waals surface area contributed by atoms with Gasteiger partial charge in [-0.1, -0.05) is 122 Å². The molecule has 4 saturated carbocycles. The third kappa shape index (κ3) is 30.6. The summed E-state index contributed by atoms with van der Waals surface area (Å²) < 4.78 is 67.3. The Morgan fingerprint density at radius 3 is 1.11 bits per heavy atom. The van der Waals surface area contributed by atoms with Gasteiger partial charge >= 0.3 is 24.1 Å². The summed E-state index contributed by atoms with van der Waals surface area (Å²) in [4.78, 5) is 68.7. The second kappa shape index (κ2) is 49.4. The molecule has 0 bridgehead atoms. The molecule has 718 valence electrons. The molecule has 1 unspecified atom stereocenters. The zero-order valence-electron chi connectivity index (χ0n) is 76.6. The maximum Gasteiger partial charge on any atom is 0.319 e. The number of aromatic amines is 1. The normalized spacial score (nSPS) is 25.2. The van der Waals surface area contributed by atoms with Gasteiger partial charge in [0.25, 0.3) is 0 Å². The van der Waals surface area contributed by atoms with Crippen molar-refractivity contribution in [2.75, 3.05) is 94.5 Å². The first-order valence-corrected chi connectivity index (χ1v) is 50.1. The summed E-state index contributed by atoms with van der Waals surface area (Å²) in [5, 5.41) is 29.0. The molecular weight excluding hydrogens is 1730 g/mol. The fraction of sp³-hybridized carbons (Fsp3) is 0.505. The SMILES string of the molecule is O=C(NC1=CC=C2NC=NC2C1)N[C@@H]1CCCC[C@H]1CN1CCC[C@@H](Cc2ccc(F)cc2)C1.O=C(Nc1ccc(Br)cc1)N[C@@H]1CCCC[C@H]1CN1CCC[C@@H](Cc2ccc(F)cc2)C1.O=C(Nc1ccc2[nH]ccc2c1)N[C@@H]1CCCC[C@H]1CN1CCC[C@@H](Cc2ccc(F)cc2)C1.O=C(Nc1cccc(F)c1)N[C@@H]1CCCC[C@H]1CN1CCC[C@@H](Cc2ccc(F)cc2)C1.[HH].[HH].[HH].[HH].[HH].[HH]. The number of aliphatic imine (C=N–C) groups is 1. The van der Waals surface area contributed by atoms with Crippen LogP contribution in [0.5, 0.6) is 0 Å². The van der Waals surface area contributed by atoms with E-state index in [1.807, 2.05) is 115 Å². The van der Waals surface area contributed by atoms with Crippen LogP contribution >= 0.6 is 15.9 Å². The first-order valence-electron chi connectivity index (χ1n) is 49.3. The molecule has 18 rings (SSSR count). The van der Waals surface area contributed by atoms with Gasteiger partial charge < -0.3 is 72.4 Å². The van der Waals surface area contributed by atoms with Crippen LogP contribution in [0.2, 0.25) is 0 Å². The Hall–Kier alpha value is -9.92. The van der Waals surface area contributed by atoms with Crippen LogP contribution < -0.4 is 47.9 Å². The van der Waals surface area contributed by atoms with Crippen molar-refractivity contribution in [3.05, 3.63) is 255 Å². The summed E-state index contributed by atoms with van der Waals surface area (Å²) in [7, 11) is 0. The molecule has 19 nitrogen and oxygen atoms in total. The molecule has 7 aromatic carbocycles. The highest BCUT2D eigenvalue weighted by Crippen LogP contribution is 2.36. The van der Waals surface area contributed by atoms with E-state index in [0.29, 0.717) is 53.0 Å². The smallest absolute Gasteiger partial charge is 0.319 e. The van der Waals surface area contributed by atoms with Crippen LogP contribution in [0, 0.1) is 76.4 Å². The van der Waals surface area contributed by atoms with Crippen LogP contribution in [0.4, 0.5) is 58.2 Å². The molecule has 8 amide bonds. The van der Waals surface area contributed by atoms with E-state index in [2.05, 4.69) is 93.4 Å². The Labute approximate surface area is 794 Å². The topological polar surface area (TPSA) is 218 Å². The fourth-order valence-electron chi connectivity index (χ4n) is 22.4. The molecule has 10 aliphatic rings. The number of piperidine rings is 4. The van der Waals surface area contributed by atoms with Crippen LogP contribution in [0.1, 0.15) is 191 Å². The molecule has 10 N–H and O–H groups in total. The van der Waals surface area contributed by atoms with E-state index in [9.17, 15) is 41.1 Å². The zero-order valence-corrected chi connectivity index (χ0v) is 78.2. The Bertz CT molecular complexity index is 5100. The number of urea groups is 4. The highest BCUT2D eigenvalue weighted by Gasteiger charge is 2.37. The number of hydrogen-bond donors (Lipinski definition) is 10. The molecule has 1 aromatic heterocycles. The molecule has 8 fully saturated rings. The standard InChI is InChI=1S/C28H35FN4O.C27H36FN5O.C26H33BrFN3O.C26H33F2N3O.6H2/c29-24-9-7-20(8-10-24)16-21-4-3-15-33(18-21)19-23-5-1-2-6-27(23)32-28(34)31-25-11-12-26-22(17-25)13-14-30-26;28-22-9-7-19(8-10-22)14-20-4-3-13-33(16-20)17-21-5-1-2-6-24(21)32-27(34)31-23-11-12-25-26(15-23)30-18-29-25;27-22-9-13-24(14-10-22)29-26(32)30-25-6-2-1-5-21(25)18-31-15-3-4-20(17-31)16-19-7-11-23(28)12-8-19;27-22-12-10-19(11-13-22)15-20-5-4-14-31(17-20)18-21-6-1-2-9-25(21)30-26(32)29-24-8-3-7-23(28)16-24;;;;;;/h7-14,17,21,23,27,30H,1-6,15-16,18-19H2,(H2,31,32,34);7-12,18,20-21,24,26H,1-6,13-17H2,(H,29,30)(H2,31,32,34);7-14,20-21,25H,1-6,15-18H2,(H2,29,30,32);3,7-8,10-13,16,20-21,25H,1-2,4-6,9,14-15,17-18H2,(H2,29,30,32);6*1H/t21-,23-,27+;20-,21-,24+,26?;2*20-,21-,25+;;;;;;/m0000....../s1. The van der Waals surface area contributed by atoms with E-state index in [0.717, 1.165) is 187 Å². The predicted octanol–water partition coefficient (Wildman–Crippen LogP) is 23.4. The number of H-pyrrole nitrogens is 1. The van der Waals surface area contributed by atoms with Crippen molar-refractivity contribution in [2.24, 2.45) is 52.3 Å². The van der Waals surface area contributed by atoms with Gasteiger partial charge in [-0.05, 0) is 352 Å². The molecular formula is C107H149BrF5N15O4. The average Bonchev–Trinajstić information content (AvgIpc) is 1.55. The molecule has 5 aliphatic heterocycles. The summed E-state index contributed by atoms with van der Waals surface area (Å²) in [5.41, 5.74) is 10.0. The molecule has 13 atom stereocenters. The lowest BCUT2D eigenvalue weighted by Crippen LogP contribution is -2.50. The van der Waals surface area contributed by atoms with Gasteiger partial charge in [0.1, 0.15) is 29.1 Å². The van der Waals surface area contributed by atoms with E-state index in [1.165, 1.54) is 150 Å². The van der Waals surface area contributed by atoms with Gasteiger partial charge in [-0.25, -0.2) is 41.1 Å². The minimum atomic E-state index is -0.362. The summed E-state index contributed by atoms with van der Waals surface area (Å²) in [6, 6.07) is 49.6. The van der Waals surface area contributed by atoms with Crippen molar-refractivity contribution in [1.29, 1.82) is 0 Å². The number of fused-ring (bicyclic) bond motifs is 2. The van der Waals surface area contributed by atoms with Crippen molar-refractivity contribution in [1.82, 2.24) is 56.5 Å². The van der Waals surface area contributed by atoms with Crippen molar-refractivity contribution < 1.29 is 49.7 Å². The number of likely N-dealkylation sites (tertiary alicyclic amines) is 4. The lowest BCUT2D eigenvalue weighted by atomic mass is 9.83. The van der Waals surface area contributed by atoms with Gasteiger partial charge in [0.2, 0.25) is 0 Å². The number of nitrogens with one attached hydrogen (secondary N) is 10. The number of anilines is 3. The monoisotopic (exact) mass is 1880 g/mol. The third-order valence-electron chi connectivity index (χ3n) is 29.0. The van der Waals surface area contributed by atoms with Crippen LogP contribution in [-0.4, -0.2) is 164 Å². The first kappa shape index (κ1) is 96.6. The van der Waals surface area contributed by atoms with E-state index in [1.54, 1.807) is 67.0 Å². The molecule has 132 heavy (non-hydrogen) atoms. The third-order valence-corrected chi connectivity index (χ3v) is 29.6. The maximum atomic E-state index is 13.4. The number of carbonyl (C=O) groups is 4. The van der Waals surface area contributed by atoms with Gasteiger partial charge in [0.05, 0.1) is 12.4 Å². The van der Waals surface area contributed by atoms with E-state index in [-0.39, 0.29) is 92.0 Å². The Morgan fingerprint density at radius 2 is 0.727 bits per heavy atom. The maximum absolute atomic E-state index is 13.4. The van der Waals surface area contributed by atoms with Crippen molar-refractivity contribution in [2.45, 2.75) is 216 Å². The Kier molecular flexibility index (Phi) is 36.1. The Morgan fingerprint density at radius 1 is 0.371 bits per heavy atom. The number of allylic oxidation sites excluding steroid dienone is 2. The van der Waals surface area contributed by atoms with Gasteiger partial charge in [-0.15, -0.1) is 0 Å². The number of halogens is 6. The highest BCUT2D eigenvalue weighted by atomic mass is 79.9. The van der Waals surface area contributed by atoms with Crippen LogP contribution in [0.15, 0.2) is 209 Å². The molecule has 8 aromatic rings. The van der Waals surface area contributed by atoms with Gasteiger partial charge in [0.15, 0.2) is 0 Å². The number of nitrogens with zero attached hydrogens (tertiary/aromatic N) is 5. The number of aromatic nitrogens is 1. The largest absolute Gasteiger partial charge is 0.361 e. The van der Waals surface area contributed by atoms with E-state index >= 15 is 0 Å². The lowest BCUT2D eigenvalue weighted by molar-refractivity contribution is 0.122. The number of hydrogen-bond acceptors (Lipinski definition) is 10. The zero-order chi connectivity index (χ0) is 91.3. The molecule has 0 radical (unpaired) electrons. The van der Waals surface area contributed by atoms with Crippen LogP contribution in [0.3, 0.4) is 0 Å². The van der Waals surface area contributed by atoms with Crippen LogP contribution in [0.25, 0.3) is 10.9 Å². The molecule has 5 aliphatic carbocycles. The predicted molar refractivity (Wildman–Crippen MR) is 536 cm³/mol. The Balaban J connectivity index is 0.000000203. The summed E-state index contributed by atoms with van der Waals surface area (Å²) >= 11 is 3.42. The van der Waals surface area contributed by atoms with Crippen molar-refractivity contribution >= 4 is 74.4 Å². The summed E-state index contributed by atoms with van der Waals surface area (Å²) in [6.45, 7) is 12.9. The molecule has 25 heteroatoms. The fourth-order valence-corrected chi connectivity index (χ4v) is 22.7. The summed E-state index contributed by atoms with van der Waals surface area (Å²) in [5.74, 6) is 3.26. The highest BCUT2D eigenvalue weighted by molar-refractivity contribution is 9.10. The first-order chi connectivity index (χ1) is 64.3. The van der Waals surface area contributed by atoms with Crippen molar-refractivity contribution in [3.8, 4) is 0 Å². The number of rotatable bonds is 24. The number of benzene rings is 7. The van der Waals surface area contributed by atoms with E-state index in [4.69, 9.17) is 0 Å². The second-order valence-corrected chi connectivity index (χ2v) is 40.1. The van der Waals surface area contributed by atoms with E-state index < -0.39 is 0 Å². The minimum Gasteiger partial charge on any atom is -0.361 e. The van der Waals surface area contributed by atoms with Crippen LogP contribution in [-0.2, 0) is 25.7 Å². The second-order valence-electron chi connectivity index (χ2n) is 39.1. The lowest BCUT2D eigenvalue weighted by Gasteiger charge is -2.39. The summed E-state index contributed by atoms with van der Waals surface area (Å²) in [6.07, 6.45) is 40.3. The number of amides is 8. The minimum absolute atomic E-state index is 0. The molecule has 0 spiro atoms. The van der Waals surface area contributed by atoms with Crippen molar-refractivity contribution in [3.63, 3.8) is 0 Å². The number of carbonyl (C=O) groups excluding carboxylic acids is 4. The van der Waals surface area contributed by atoms with Gasteiger partial charge in [0, 0.05) is 142 Å². The quantitative estimate of drug-likeness (QED) is 0.0260. The van der Waals surface area contributed by atoms with Gasteiger partial charge in [-0.2, -0.15) is 0 Å².